The van der Waals surface area contributed by atoms with Crippen LogP contribution in [0, 0.1) is 6.92 Å². The number of halogens is 1. The number of oxazole rings is 1. The lowest BCUT2D eigenvalue weighted by Gasteiger charge is -2.09. The highest BCUT2D eigenvalue weighted by Gasteiger charge is 2.18. The van der Waals surface area contributed by atoms with E-state index in [2.05, 4.69) is 9.97 Å². The summed E-state index contributed by atoms with van der Waals surface area (Å²) in [6.45, 7) is 1.75. The van der Waals surface area contributed by atoms with E-state index in [-0.39, 0.29) is 10.5 Å². The number of ether oxygens (including phenoxy) is 1. The van der Waals surface area contributed by atoms with Gasteiger partial charge < -0.3 is 19.4 Å². The van der Waals surface area contributed by atoms with Crippen molar-refractivity contribution in [3.8, 4) is 17.2 Å². The highest BCUT2D eigenvalue weighted by atomic mass is 35.5. The molecular weight excluding hydrogens is 360 g/mol. The Bertz CT molecular complexity index is 1190. The van der Waals surface area contributed by atoms with Crippen LogP contribution in [0.2, 0.25) is 5.15 Å². The molecule has 2 N–H and O–H groups in total. The second-order valence-corrected chi connectivity index (χ2v) is 5.93. The molecule has 8 heteroatoms. The molecule has 26 heavy (non-hydrogen) atoms. The van der Waals surface area contributed by atoms with E-state index in [1.807, 2.05) is 0 Å². The van der Waals surface area contributed by atoms with Crippen LogP contribution in [-0.2, 0) is 0 Å². The maximum absolute atomic E-state index is 11.2. The van der Waals surface area contributed by atoms with E-state index in [0.717, 1.165) is 5.52 Å². The molecule has 0 amide bonds. The molecule has 0 aliphatic carbocycles. The zero-order valence-corrected chi connectivity index (χ0v) is 14.1. The number of aromatic nitrogens is 2. The maximum Gasteiger partial charge on any atom is 0.358 e. The number of aryl methyl sites for hydroxylation is 1. The van der Waals surface area contributed by atoms with Crippen LogP contribution in [0.5, 0.6) is 17.2 Å². The number of carboxylic acid groups (broad SMARTS) is 1. The molecule has 0 aliphatic heterocycles. The molecule has 7 nitrogen and oxygen atoms in total. The molecule has 0 aliphatic rings. The van der Waals surface area contributed by atoms with Gasteiger partial charge in [-0.15, -0.1) is 0 Å². The van der Waals surface area contributed by atoms with E-state index in [1.54, 1.807) is 37.3 Å². The summed E-state index contributed by atoms with van der Waals surface area (Å²) >= 11 is 6.01. The molecule has 0 unspecified atom stereocenters. The van der Waals surface area contributed by atoms with E-state index < -0.39 is 17.4 Å². The number of pyridine rings is 1. The van der Waals surface area contributed by atoms with Crippen molar-refractivity contribution >= 4 is 39.4 Å². The number of fused-ring (bicyclic) bond motifs is 2. The van der Waals surface area contributed by atoms with Gasteiger partial charge in [0.25, 0.3) is 0 Å². The van der Waals surface area contributed by atoms with Crippen LogP contribution in [0.4, 0.5) is 0 Å². The normalized spacial score (nSPS) is 11.2. The Morgan fingerprint density at radius 2 is 1.85 bits per heavy atom. The van der Waals surface area contributed by atoms with Gasteiger partial charge in [-0.2, -0.15) is 0 Å². The fourth-order valence-electron chi connectivity index (χ4n) is 2.67. The van der Waals surface area contributed by atoms with Crippen molar-refractivity contribution in [2.75, 3.05) is 0 Å². The number of benzene rings is 2. The Kier molecular flexibility index (Phi) is 3.66. The summed E-state index contributed by atoms with van der Waals surface area (Å²) in [7, 11) is 0. The maximum atomic E-state index is 11.2. The highest BCUT2D eigenvalue weighted by molar-refractivity contribution is 6.34. The first-order valence-electron chi connectivity index (χ1n) is 7.53. The lowest BCUT2D eigenvalue weighted by molar-refractivity contribution is 0.0687. The molecule has 0 radical (unpaired) electrons. The van der Waals surface area contributed by atoms with Crippen LogP contribution in [0.15, 0.2) is 40.8 Å². The lowest BCUT2D eigenvalue weighted by atomic mass is 10.1. The molecule has 2 aromatic carbocycles. The van der Waals surface area contributed by atoms with E-state index in [0.29, 0.717) is 28.4 Å². The van der Waals surface area contributed by atoms with Crippen molar-refractivity contribution in [3.05, 3.63) is 53.1 Å². The van der Waals surface area contributed by atoms with Gasteiger partial charge in [-0.25, -0.2) is 14.8 Å². The first kappa shape index (κ1) is 16.2. The zero-order chi connectivity index (χ0) is 18.4. The van der Waals surface area contributed by atoms with E-state index >= 15 is 0 Å². The molecule has 2 heterocycles. The SMILES string of the molecule is Cc1nc2ccc(Oc3ccc4c(Cl)nc(C(=O)O)c(O)c4c3)cc2o1. The number of hydrogen-bond donors (Lipinski definition) is 2. The minimum absolute atomic E-state index is 0.0136. The highest BCUT2D eigenvalue weighted by Crippen LogP contribution is 2.36. The summed E-state index contributed by atoms with van der Waals surface area (Å²) in [5, 5.41) is 20.0. The predicted molar refractivity (Wildman–Crippen MR) is 94.2 cm³/mol. The lowest BCUT2D eigenvalue weighted by Crippen LogP contribution is -2.01. The van der Waals surface area contributed by atoms with E-state index in [1.165, 1.54) is 6.07 Å². The molecule has 0 saturated heterocycles. The number of carboxylic acids is 1. The van der Waals surface area contributed by atoms with Gasteiger partial charge in [-0.3, -0.25) is 0 Å². The van der Waals surface area contributed by atoms with Crippen molar-refractivity contribution in [3.63, 3.8) is 0 Å². The molecule has 4 aromatic rings. The van der Waals surface area contributed by atoms with Gasteiger partial charge in [0.15, 0.2) is 22.9 Å². The van der Waals surface area contributed by atoms with Crippen molar-refractivity contribution in [1.29, 1.82) is 0 Å². The molecule has 130 valence electrons. The van der Waals surface area contributed by atoms with Gasteiger partial charge in [0.2, 0.25) is 0 Å². The van der Waals surface area contributed by atoms with Crippen molar-refractivity contribution in [2.24, 2.45) is 0 Å². The first-order chi connectivity index (χ1) is 12.4. The summed E-state index contributed by atoms with van der Waals surface area (Å²) in [4.78, 5) is 19.1. The Morgan fingerprint density at radius 3 is 2.62 bits per heavy atom. The van der Waals surface area contributed by atoms with Gasteiger partial charge >= 0.3 is 5.97 Å². The van der Waals surface area contributed by atoms with Gasteiger partial charge in [0.1, 0.15) is 22.2 Å². The quantitative estimate of drug-likeness (QED) is 0.510. The number of carbonyl (C=O) groups is 1. The average Bonchev–Trinajstić information content (AvgIpc) is 2.97. The molecule has 4 rings (SSSR count). The van der Waals surface area contributed by atoms with Crippen molar-refractivity contribution in [2.45, 2.75) is 6.92 Å². The third kappa shape index (κ3) is 2.68. The van der Waals surface area contributed by atoms with Crippen LogP contribution in [-0.4, -0.2) is 26.2 Å². The number of nitrogens with zero attached hydrogens (tertiary/aromatic N) is 2. The molecule has 0 saturated carbocycles. The summed E-state index contributed by atoms with van der Waals surface area (Å²) in [5.74, 6) is -0.392. The van der Waals surface area contributed by atoms with Crippen LogP contribution < -0.4 is 4.74 Å². The minimum atomic E-state index is -1.37. The fraction of sp³-hybridized carbons (Fsp3) is 0.0556. The number of aromatic hydroxyl groups is 1. The average molecular weight is 371 g/mol. The molecule has 0 fully saturated rings. The Morgan fingerprint density at radius 1 is 1.12 bits per heavy atom. The van der Waals surface area contributed by atoms with Gasteiger partial charge in [0, 0.05) is 23.8 Å². The third-order valence-electron chi connectivity index (χ3n) is 3.81. The largest absolute Gasteiger partial charge is 0.505 e. The van der Waals surface area contributed by atoms with Crippen LogP contribution in [0.25, 0.3) is 21.9 Å². The van der Waals surface area contributed by atoms with Crippen LogP contribution >= 0.6 is 11.6 Å². The summed E-state index contributed by atoms with van der Waals surface area (Å²) in [6, 6.07) is 9.94. The summed E-state index contributed by atoms with van der Waals surface area (Å²) < 4.78 is 11.3. The monoisotopic (exact) mass is 370 g/mol. The molecule has 0 spiro atoms. The predicted octanol–water partition coefficient (Wildman–Crippen LogP) is 4.53. The second-order valence-electron chi connectivity index (χ2n) is 5.58. The van der Waals surface area contributed by atoms with Gasteiger partial charge in [-0.1, -0.05) is 11.6 Å². The van der Waals surface area contributed by atoms with Crippen molar-refractivity contribution < 1.29 is 24.2 Å². The fourth-order valence-corrected chi connectivity index (χ4v) is 2.92. The Balaban J connectivity index is 1.78. The first-order valence-corrected chi connectivity index (χ1v) is 7.91. The summed E-state index contributed by atoms with van der Waals surface area (Å²) in [6.07, 6.45) is 0. The van der Waals surface area contributed by atoms with Crippen LogP contribution in [0.1, 0.15) is 16.4 Å². The number of rotatable bonds is 3. The molecule has 2 aromatic heterocycles. The molecule has 0 bridgehead atoms. The zero-order valence-electron chi connectivity index (χ0n) is 13.4. The van der Waals surface area contributed by atoms with Gasteiger partial charge in [-0.05, 0) is 30.3 Å². The molecule has 0 atom stereocenters. The minimum Gasteiger partial charge on any atom is -0.505 e. The second kappa shape index (κ2) is 5.89. The smallest absolute Gasteiger partial charge is 0.358 e. The van der Waals surface area contributed by atoms with Gasteiger partial charge in [0.05, 0.1) is 0 Å². The van der Waals surface area contributed by atoms with E-state index in [9.17, 15) is 9.90 Å². The van der Waals surface area contributed by atoms with E-state index in [4.69, 9.17) is 25.9 Å². The van der Waals surface area contributed by atoms with Crippen molar-refractivity contribution in [1.82, 2.24) is 9.97 Å². The third-order valence-corrected chi connectivity index (χ3v) is 4.10. The number of aromatic carboxylic acids is 1. The summed E-state index contributed by atoms with van der Waals surface area (Å²) in [5.41, 5.74) is 0.789. The Hall–Kier alpha value is -3.32. The molecular formula is C18H11ClN2O5. The topological polar surface area (TPSA) is 106 Å². The van der Waals surface area contributed by atoms with Crippen LogP contribution in [0.3, 0.4) is 0 Å². The Labute approximate surface area is 151 Å². The standard InChI is InChI=1S/C18H11ClN2O5/c1-8-20-13-5-3-10(7-14(13)25-8)26-9-2-4-11-12(6-9)16(22)15(18(23)24)21-17(11)19/h2-7,22H,1H3,(H,23,24). The number of hydrogen-bond acceptors (Lipinski definition) is 6.